The largest absolute Gasteiger partial charge is 0.507 e. The molecule has 3 nitrogen and oxygen atoms in total. The summed E-state index contributed by atoms with van der Waals surface area (Å²) in [6, 6.07) is 4.17. The molecule has 1 N–H and O–H groups in total. The molecule has 0 amide bonds. The third-order valence-corrected chi connectivity index (χ3v) is 6.89. The van der Waals surface area contributed by atoms with Gasteiger partial charge in [0.15, 0.2) is 0 Å². The number of phenolic OH excluding ortho intramolecular Hbond substituents is 1. The van der Waals surface area contributed by atoms with Crippen LogP contribution < -0.4 is 0 Å². The summed E-state index contributed by atoms with van der Waals surface area (Å²) in [6.07, 6.45) is 1.88. The molecule has 0 aromatic heterocycles. The molecule has 0 atom stereocenters. The van der Waals surface area contributed by atoms with Gasteiger partial charge in [-0.2, -0.15) is 0 Å². The van der Waals surface area contributed by atoms with Gasteiger partial charge in [0.2, 0.25) is 0 Å². The van der Waals surface area contributed by atoms with Crippen LogP contribution in [-0.4, -0.2) is 51.7 Å². The Balaban J connectivity index is 2.95. The molecule has 0 aliphatic rings. The van der Waals surface area contributed by atoms with Gasteiger partial charge in [-0.3, -0.25) is 0 Å². The topological polar surface area (TPSA) is 26.7 Å². The van der Waals surface area contributed by atoms with E-state index in [1.165, 1.54) is 5.56 Å². The van der Waals surface area contributed by atoms with E-state index in [0.29, 0.717) is 11.5 Å². The molecule has 134 valence electrons. The molecule has 0 bridgehead atoms. The van der Waals surface area contributed by atoms with Gasteiger partial charge in [0.05, 0.1) is 0 Å². The molecular weight excluding hydrogens is 376 g/mol. The molecule has 0 aliphatic carbocycles. The van der Waals surface area contributed by atoms with Crippen LogP contribution in [0.2, 0.25) is 0 Å². The zero-order chi connectivity index (χ0) is 18.3. The van der Waals surface area contributed by atoms with Crippen LogP contribution in [0.1, 0.15) is 30.0 Å². The maximum atomic E-state index is 10.6. The number of aryl methyl sites for hydroxylation is 1. The number of hydrogen-bond acceptors (Lipinski definition) is 5. The summed E-state index contributed by atoms with van der Waals surface area (Å²) in [5.74, 6) is 1.90. The lowest BCUT2D eigenvalue weighted by molar-refractivity contribution is 0.462. The second kappa shape index (κ2) is 10.5. The monoisotopic (exact) mass is 402 g/mol. The maximum absolute atomic E-state index is 10.6. The van der Waals surface area contributed by atoms with Crippen molar-refractivity contribution >= 4 is 56.6 Å². The van der Waals surface area contributed by atoms with Crippen molar-refractivity contribution in [3.05, 3.63) is 28.8 Å². The van der Waals surface area contributed by atoms with Crippen molar-refractivity contribution in [1.82, 2.24) is 9.80 Å². The van der Waals surface area contributed by atoms with Crippen LogP contribution in [-0.2, 0) is 17.9 Å². The number of thioether (sulfide) groups is 2. The Bertz CT molecular complexity index is 588. The maximum Gasteiger partial charge on any atom is 0.136 e. The molecule has 0 saturated heterocycles. The SMILES string of the molecule is CCCc1cc(CSC(=S)N(C)C)cc(CSC(=S)N(C)C)c1O. The van der Waals surface area contributed by atoms with Crippen LogP contribution in [0.25, 0.3) is 0 Å². The van der Waals surface area contributed by atoms with E-state index >= 15 is 0 Å². The number of phenols is 1. The normalized spacial score (nSPS) is 10.5. The van der Waals surface area contributed by atoms with E-state index in [4.69, 9.17) is 24.4 Å². The first-order valence-corrected chi connectivity index (χ1v) is 10.6. The van der Waals surface area contributed by atoms with E-state index in [0.717, 1.165) is 38.4 Å². The molecule has 0 fully saturated rings. The Labute approximate surface area is 165 Å². The highest BCUT2D eigenvalue weighted by Crippen LogP contribution is 2.31. The Morgan fingerprint density at radius 3 is 1.96 bits per heavy atom. The van der Waals surface area contributed by atoms with Gasteiger partial charge >= 0.3 is 0 Å². The van der Waals surface area contributed by atoms with Gasteiger partial charge in [-0.15, -0.1) is 0 Å². The first kappa shape index (κ1) is 21.5. The fourth-order valence-electron chi connectivity index (χ4n) is 2.03. The summed E-state index contributed by atoms with van der Waals surface area (Å²) >= 11 is 13.9. The van der Waals surface area contributed by atoms with Crippen LogP contribution in [0.15, 0.2) is 12.1 Å². The molecule has 1 aromatic carbocycles. The van der Waals surface area contributed by atoms with E-state index in [-0.39, 0.29) is 0 Å². The zero-order valence-corrected chi connectivity index (χ0v) is 18.2. The van der Waals surface area contributed by atoms with Gasteiger partial charge in [0.1, 0.15) is 14.4 Å². The molecule has 0 aliphatic heterocycles. The third-order valence-electron chi connectivity index (χ3n) is 3.29. The summed E-state index contributed by atoms with van der Waals surface area (Å²) in [4.78, 5) is 3.86. The third kappa shape index (κ3) is 6.78. The van der Waals surface area contributed by atoms with Crippen LogP contribution in [0.5, 0.6) is 5.75 Å². The zero-order valence-electron chi connectivity index (χ0n) is 15.0. The molecular formula is C17H26N2OS4. The average Bonchev–Trinajstić information content (AvgIpc) is 2.53. The van der Waals surface area contributed by atoms with Gasteiger partial charge < -0.3 is 14.9 Å². The summed E-state index contributed by atoms with van der Waals surface area (Å²) < 4.78 is 1.69. The standard InChI is InChI=1S/C17H26N2OS4/c1-6-7-13-8-12(10-23-16(21)18(2)3)9-14(15(13)20)11-24-17(22)19(4)5/h8-9,20H,6-7,10-11H2,1-5H3. The van der Waals surface area contributed by atoms with Gasteiger partial charge in [0.25, 0.3) is 0 Å². The Morgan fingerprint density at radius 2 is 1.46 bits per heavy atom. The molecule has 1 aromatic rings. The highest BCUT2D eigenvalue weighted by molar-refractivity contribution is 8.22. The highest BCUT2D eigenvalue weighted by atomic mass is 32.2. The predicted molar refractivity (Wildman–Crippen MR) is 117 cm³/mol. The van der Waals surface area contributed by atoms with Crippen molar-refractivity contribution in [2.24, 2.45) is 0 Å². The highest BCUT2D eigenvalue weighted by Gasteiger charge is 2.12. The van der Waals surface area contributed by atoms with Gasteiger partial charge in [-0.05, 0) is 17.5 Å². The fraction of sp³-hybridized carbons (Fsp3) is 0.529. The fourth-order valence-corrected chi connectivity index (χ4v) is 3.85. The Morgan fingerprint density at radius 1 is 0.958 bits per heavy atom. The number of benzene rings is 1. The number of aromatic hydroxyl groups is 1. The Kier molecular flexibility index (Phi) is 9.41. The molecule has 24 heavy (non-hydrogen) atoms. The molecule has 0 spiro atoms. The van der Waals surface area contributed by atoms with Crippen molar-refractivity contribution in [2.45, 2.75) is 31.3 Å². The summed E-state index contributed by atoms with van der Waals surface area (Å²) in [5, 5.41) is 10.6. The van der Waals surface area contributed by atoms with E-state index < -0.39 is 0 Å². The van der Waals surface area contributed by atoms with Crippen LogP contribution >= 0.6 is 48.0 Å². The van der Waals surface area contributed by atoms with E-state index in [2.05, 4.69) is 19.1 Å². The summed E-state index contributed by atoms with van der Waals surface area (Å²) in [5.41, 5.74) is 3.15. The van der Waals surface area contributed by atoms with Crippen LogP contribution in [0, 0.1) is 0 Å². The minimum atomic E-state index is 0.412. The van der Waals surface area contributed by atoms with E-state index in [1.807, 2.05) is 38.0 Å². The number of thiocarbonyl (C=S) groups is 2. The van der Waals surface area contributed by atoms with Gasteiger partial charge in [0, 0.05) is 45.3 Å². The summed E-state index contributed by atoms with van der Waals surface area (Å²) in [6.45, 7) is 2.12. The molecule has 0 unspecified atom stereocenters. The van der Waals surface area contributed by atoms with Gasteiger partial charge in [-0.1, -0.05) is 73.4 Å². The second-order valence-electron chi connectivity index (χ2n) is 5.91. The molecule has 7 heteroatoms. The van der Waals surface area contributed by atoms with Crippen molar-refractivity contribution in [1.29, 1.82) is 0 Å². The number of rotatable bonds is 6. The minimum absolute atomic E-state index is 0.412. The lowest BCUT2D eigenvalue weighted by atomic mass is 10.0. The lowest BCUT2D eigenvalue weighted by Gasteiger charge is -2.16. The average molecular weight is 403 g/mol. The quantitative estimate of drug-likeness (QED) is 0.700. The van der Waals surface area contributed by atoms with Crippen molar-refractivity contribution < 1.29 is 5.11 Å². The smallest absolute Gasteiger partial charge is 0.136 e. The molecule has 0 heterocycles. The molecule has 0 saturated carbocycles. The van der Waals surface area contributed by atoms with Crippen molar-refractivity contribution in [3.8, 4) is 5.75 Å². The van der Waals surface area contributed by atoms with E-state index in [1.54, 1.807) is 23.5 Å². The van der Waals surface area contributed by atoms with E-state index in [9.17, 15) is 5.11 Å². The number of hydrogen-bond donors (Lipinski definition) is 1. The minimum Gasteiger partial charge on any atom is -0.507 e. The summed E-state index contributed by atoms with van der Waals surface area (Å²) in [7, 11) is 7.79. The van der Waals surface area contributed by atoms with Crippen molar-refractivity contribution in [2.75, 3.05) is 28.2 Å². The molecule has 0 radical (unpaired) electrons. The first-order chi connectivity index (χ1) is 11.3. The lowest BCUT2D eigenvalue weighted by Crippen LogP contribution is -2.16. The van der Waals surface area contributed by atoms with Crippen LogP contribution in [0.4, 0.5) is 0 Å². The van der Waals surface area contributed by atoms with Gasteiger partial charge in [-0.25, -0.2) is 0 Å². The number of nitrogens with zero attached hydrogens (tertiary/aromatic N) is 2. The molecule has 1 rings (SSSR count). The van der Waals surface area contributed by atoms with Crippen LogP contribution in [0.3, 0.4) is 0 Å². The Hall–Kier alpha value is -0.500. The first-order valence-electron chi connectivity index (χ1n) is 7.78. The van der Waals surface area contributed by atoms with Crippen molar-refractivity contribution in [3.63, 3.8) is 0 Å². The second-order valence-corrected chi connectivity index (χ2v) is 9.13. The predicted octanol–water partition coefficient (Wildman–Crippen LogP) is 4.50.